The Balaban J connectivity index is 1.33. The first-order chi connectivity index (χ1) is 19.5. The zero-order chi connectivity index (χ0) is 27.7. The molecule has 3 N–H and O–H groups in total. The highest BCUT2D eigenvalue weighted by Gasteiger charge is 2.55. The molecule has 0 unspecified atom stereocenters. The van der Waals surface area contributed by atoms with Gasteiger partial charge in [-0.25, -0.2) is 0 Å². The number of methoxy groups -OCH3 is 1. The monoisotopic (exact) mass is 538 g/mol. The van der Waals surface area contributed by atoms with E-state index in [4.69, 9.17) is 14.9 Å². The molecule has 3 aliphatic rings. The van der Waals surface area contributed by atoms with Crippen molar-refractivity contribution in [1.29, 1.82) is 5.41 Å². The zero-order valence-corrected chi connectivity index (χ0v) is 22.7. The fraction of sp³-hybridized carbons (Fsp3) is 0.312. The molecule has 2 aliphatic heterocycles. The summed E-state index contributed by atoms with van der Waals surface area (Å²) in [5.74, 6) is 0.868. The highest BCUT2D eigenvalue weighted by molar-refractivity contribution is 6.10. The molecule has 0 aromatic heterocycles. The van der Waals surface area contributed by atoms with Gasteiger partial charge in [0.2, 0.25) is 5.91 Å². The fourth-order valence-corrected chi connectivity index (χ4v) is 6.03. The molecule has 206 valence electrons. The number of ether oxygens (including phenoxy) is 2. The van der Waals surface area contributed by atoms with Gasteiger partial charge in [-0.1, -0.05) is 24.6 Å². The van der Waals surface area contributed by atoms with Gasteiger partial charge in [-0.15, -0.1) is 0 Å². The van der Waals surface area contributed by atoms with Crippen molar-refractivity contribution in [1.82, 2.24) is 0 Å². The van der Waals surface area contributed by atoms with Gasteiger partial charge in [0.15, 0.2) is 0 Å². The quantitative estimate of drug-likeness (QED) is 0.337. The predicted octanol–water partition coefficient (Wildman–Crippen LogP) is 5.31. The van der Waals surface area contributed by atoms with Crippen LogP contribution >= 0.6 is 0 Å². The lowest BCUT2D eigenvalue weighted by Crippen LogP contribution is -2.44. The van der Waals surface area contributed by atoms with E-state index >= 15 is 0 Å². The lowest BCUT2D eigenvalue weighted by molar-refractivity contribution is -0.126. The number of fused-ring (bicyclic) bond motifs is 2. The molecule has 1 spiro atoms. The summed E-state index contributed by atoms with van der Waals surface area (Å²) in [6.45, 7) is 3.48. The predicted molar refractivity (Wildman–Crippen MR) is 158 cm³/mol. The van der Waals surface area contributed by atoms with Crippen LogP contribution in [0.1, 0.15) is 36.0 Å². The van der Waals surface area contributed by atoms with Gasteiger partial charge in [0.1, 0.15) is 11.5 Å². The van der Waals surface area contributed by atoms with E-state index < -0.39 is 5.41 Å². The number of hydrogen-bond donors (Lipinski definition) is 3. The zero-order valence-electron chi connectivity index (χ0n) is 22.7. The van der Waals surface area contributed by atoms with Crippen molar-refractivity contribution in [2.75, 3.05) is 48.5 Å². The number of carbonyl (C=O) groups is 1. The van der Waals surface area contributed by atoms with Crippen LogP contribution in [-0.2, 0) is 21.5 Å². The van der Waals surface area contributed by atoms with Gasteiger partial charge in [-0.3, -0.25) is 4.79 Å². The summed E-state index contributed by atoms with van der Waals surface area (Å²) in [4.78, 5) is 17.9. The minimum absolute atomic E-state index is 0.0424. The molecule has 40 heavy (non-hydrogen) atoms. The van der Waals surface area contributed by atoms with E-state index in [1.807, 2.05) is 42.5 Å². The Morgan fingerprint density at radius 2 is 1.90 bits per heavy atom. The first-order valence-corrected chi connectivity index (χ1v) is 13.8. The third kappa shape index (κ3) is 4.58. The van der Waals surface area contributed by atoms with Gasteiger partial charge in [0.25, 0.3) is 0 Å². The van der Waals surface area contributed by atoms with Crippen molar-refractivity contribution < 1.29 is 19.4 Å². The van der Waals surface area contributed by atoms with Crippen LogP contribution in [0.3, 0.4) is 0 Å². The van der Waals surface area contributed by atoms with E-state index in [0.717, 1.165) is 66.2 Å². The maximum absolute atomic E-state index is 13.8. The van der Waals surface area contributed by atoms with Crippen LogP contribution in [0.5, 0.6) is 11.5 Å². The standard InChI is InChI=1S/C32H34N4O4/c1-39-26-8-6-22(7-9-26)21-36-30-27(32(31(36)38)11-3-12-32)18-23(19-29(30)37)28(10-13-33)34-24-4-2-5-25(20-24)35-14-16-40-17-15-35/h2,4-10,13,18-20,33-34,37H,3,11-12,14-17,21H2,1H3/b28-10-,33-13?. The number of rotatable bonds is 8. The van der Waals surface area contributed by atoms with Crippen LogP contribution in [0, 0.1) is 5.41 Å². The largest absolute Gasteiger partial charge is 0.506 e. The second-order valence-corrected chi connectivity index (χ2v) is 10.6. The lowest BCUT2D eigenvalue weighted by atomic mass is 9.65. The van der Waals surface area contributed by atoms with Gasteiger partial charge in [0.05, 0.1) is 38.0 Å². The number of aromatic hydroxyl groups is 1. The number of nitrogens with zero attached hydrogens (tertiary/aromatic N) is 2. The Hall–Kier alpha value is -4.30. The molecule has 8 heteroatoms. The van der Waals surface area contributed by atoms with Gasteiger partial charge in [0, 0.05) is 41.9 Å². The highest BCUT2D eigenvalue weighted by Crippen LogP contribution is 2.57. The molecular formula is C32H34N4O4. The lowest BCUT2D eigenvalue weighted by Gasteiger charge is -2.37. The highest BCUT2D eigenvalue weighted by atomic mass is 16.5. The minimum atomic E-state index is -0.610. The van der Waals surface area contributed by atoms with Crippen LogP contribution in [0.25, 0.3) is 5.70 Å². The summed E-state index contributed by atoms with van der Waals surface area (Å²) in [6.07, 6.45) is 5.42. The van der Waals surface area contributed by atoms with Crippen LogP contribution < -0.4 is 19.9 Å². The van der Waals surface area contributed by atoms with E-state index in [1.54, 1.807) is 24.2 Å². The maximum Gasteiger partial charge on any atom is 0.238 e. The molecule has 1 amide bonds. The molecule has 6 rings (SSSR count). The van der Waals surface area contributed by atoms with Gasteiger partial charge < -0.3 is 35.1 Å². The molecule has 2 heterocycles. The van der Waals surface area contributed by atoms with Gasteiger partial charge >= 0.3 is 0 Å². The molecule has 0 atom stereocenters. The SMILES string of the molecule is COc1ccc(CN2C(=O)C3(CCC3)c3cc(/C(=C/C=N)Nc4cccc(N5CCOCC5)c4)cc(O)c32)cc1. The van der Waals surface area contributed by atoms with Crippen molar-refractivity contribution in [2.45, 2.75) is 31.2 Å². The number of amides is 1. The van der Waals surface area contributed by atoms with E-state index in [9.17, 15) is 9.90 Å². The number of carbonyl (C=O) groups excluding carboxylic acids is 1. The number of phenols is 1. The second kappa shape index (κ2) is 10.7. The first kappa shape index (κ1) is 26.0. The summed E-state index contributed by atoms with van der Waals surface area (Å²) in [6, 6.07) is 19.5. The Labute approximate surface area is 234 Å². The second-order valence-electron chi connectivity index (χ2n) is 10.6. The Bertz CT molecular complexity index is 1460. The van der Waals surface area contributed by atoms with Gasteiger partial charge in [-0.05, 0) is 72.5 Å². The third-order valence-corrected chi connectivity index (χ3v) is 8.30. The third-order valence-electron chi connectivity index (χ3n) is 8.30. The van der Waals surface area contributed by atoms with Crippen LogP contribution in [-0.4, -0.2) is 50.6 Å². The molecule has 1 saturated heterocycles. The number of morpholine rings is 1. The van der Waals surface area contributed by atoms with Crippen molar-refractivity contribution in [2.24, 2.45) is 0 Å². The number of hydrogen-bond acceptors (Lipinski definition) is 7. The number of allylic oxidation sites excluding steroid dienone is 1. The summed E-state index contributed by atoms with van der Waals surface area (Å²) in [5, 5.41) is 22.6. The van der Waals surface area contributed by atoms with Crippen molar-refractivity contribution in [3.05, 3.63) is 83.4 Å². The maximum atomic E-state index is 13.8. The number of anilines is 3. The van der Waals surface area contributed by atoms with Crippen LogP contribution in [0.15, 0.2) is 66.7 Å². The molecule has 0 bridgehead atoms. The number of benzene rings is 3. The summed E-state index contributed by atoms with van der Waals surface area (Å²) >= 11 is 0. The molecule has 2 fully saturated rings. The molecule has 1 aliphatic carbocycles. The summed E-state index contributed by atoms with van der Waals surface area (Å²) < 4.78 is 10.8. The number of phenolic OH excluding ortho intramolecular Hbond substituents is 1. The molecular weight excluding hydrogens is 504 g/mol. The molecule has 0 radical (unpaired) electrons. The summed E-state index contributed by atoms with van der Waals surface area (Å²) in [5.41, 5.74) is 5.22. The number of nitrogens with one attached hydrogen (secondary N) is 2. The smallest absolute Gasteiger partial charge is 0.238 e. The molecule has 8 nitrogen and oxygen atoms in total. The molecule has 3 aromatic rings. The van der Waals surface area contributed by atoms with Gasteiger partial charge in [-0.2, -0.15) is 0 Å². The van der Waals surface area contributed by atoms with E-state index in [2.05, 4.69) is 22.3 Å². The van der Waals surface area contributed by atoms with Crippen molar-refractivity contribution in [3.63, 3.8) is 0 Å². The van der Waals surface area contributed by atoms with Crippen LogP contribution in [0.2, 0.25) is 0 Å². The Morgan fingerprint density at radius 3 is 2.58 bits per heavy atom. The Kier molecular flexibility index (Phi) is 6.94. The summed E-state index contributed by atoms with van der Waals surface area (Å²) in [7, 11) is 1.63. The topological polar surface area (TPSA) is 98.1 Å². The normalized spacial score (nSPS) is 17.9. The molecule has 3 aromatic carbocycles. The van der Waals surface area contributed by atoms with Crippen molar-refractivity contribution >= 4 is 34.9 Å². The van der Waals surface area contributed by atoms with E-state index in [-0.39, 0.29) is 11.7 Å². The van der Waals surface area contributed by atoms with Crippen LogP contribution in [0.4, 0.5) is 17.1 Å². The van der Waals surface area contributed by atoms with E-state index in [0.29, 0.717) is 31.1 Å². The minimum Gasteiger partial charge on any atom is -0.506 e. The van der Waals surface area contributed by atoms with Crippen molar-refractivity contribution in [3.8, 4) is 11.5 Å². The van der Waals surface area contributed by atoms with E-state index in [1.165, 1.54) is 6.21 Å². The average molecular weight is 539 g/mol. The first-order valence-electron chi connectivity index (χ1n) is 13.8. The average Bonchev–Trinajstić information content (AvgIpc) is 3.22. The Morgan fingerprint density at radius 1 is 1.12 bits per heavy atom. The molecule has 1 saturated carbocycles. The fourth-order valence-electron chi connectivity index (χ4n) is 6.03.